The number of nitrogens with zero attached hydrogens (tertiary/aromatic N) is 5. The van der Waals surface area contributed by atoms with Gasteiger partial charge in [0, 0.05) is 17.3 Å². The molecule has 34 heavy (non-hydrogen) atoms. The molecule has 9 nitrogen and oxygen atoms in total. The average Bonchev–Trinajstić information content (AvgIpc) is 3.49. The number of aromatic nitrogens is 5. The van der Waals surface area contributed by atoms with Crippen LogP contribution >= 0.6 is 0 Å². The summed E-state index contributed by atoms with van der Waals surface area (Å²) >= 11 is 0. The minimum Gasteiger partial charge on any atom is -0.376 e. The van der Waals surface area contributed by atoms with Crippen LogP contribution in [0.15, 0.2) is 36.7 Å². The van der Waals surface area contributed by atoms with Gasteiger partial charge in [0.05, 0.1) is 70.2 Å². The standard InChI is InChI=1S/C22H24F3N5O4/c23-22(24,25)19-9-15(21-12-30(28-26-21)11-17-14-32-6-8-34-17)1-2-18(19)20-3-4-29(27-20)10-16-13-31-5-7-33-16/h1-4,9,12,16-17H,5-8,10-11,13-14H2/t16-,17-/m0/s1. The van der Waals surface area contributed by atoms with E-state index in [1.165, 1.54) is 6.07 Å². The number of rotatable bonds is 6. The number of alkyl halides is 3. The van der Waals surface area contributed by atoms with E-state index in [0.717, 1.165) is 6.07 Å². The van der Waals surface area contributed by atoms with Gasteiger partial charge in [0.1, 0.15) is 17.9 Å². The summed E-state index contributed by atoms with van der Waals surface area (Å²) < 4.78 is 67.0. The van der Waals surface area contributed by atoms with Crippen LogP contribution in [0.1, 0.15) is 5.56 Å². The summed E-state index contributed by atoms with van der Waals surface area (Å²) in [4.78, 5) is 0. The largest absolute Gasteiger partial charge is 0.417 e. The Morgan fingerprint density at radius 2 is 1.59 bits per heavy atom. The second-order valence-corrected chi connectivity index (χ2v) is 8.14. The molecule has 0 aliphatic carbocycles. The first-order valence-corrected chi connectivity index (χ1v) is 11.0. The lowest BCUT2D eigenvalue weighted by Crippen LogP contribution is -2.32. The summed E-state index contributed by atoms with van der Waals surface area (Å²) in [5.41, 5.74) is 0.0970. The van der Waals surface area contributed by atoms with Gasteiger partial charge in [0.15, 0.2) is 0 Å². The fraction of sp³-hybridized carbons (Fsp3) is 0.500. The number of benzene rings is 1. The van der Waals surface area contributed by atoms with E-state index in [9.17, 15) is 13.2 Å². The van der Waals surface area contributed by atoms with Gasteiger partial charge in [-0.25, -0.2) is 4.68 Å². The Morgan fingerprint density at radius 3 is 2.24 bits per heavy atom. The van der Waals surface area contributed by atoms with Gasteiger partial charge in [-0.2, -0.15) is 18.3 Å². The van der Waals surface area contributed by atoms with Gasteiger partial charge in [-0.3, -0.25) is 4.68 Å². The Balaban J connectivity index is 1.37. The minimum absolute atomic E-state index is 0.00374. The van der Waals surface area contributed by atoms with E-state index in [1.807, 2.05) is 0 Å². The molecule has 0 unspecified atom stereocenters. The van der Waals surface area contributed by atoms with E-state index in [-0.39, 0.29) is 23.5 Å². The molecule has 0 radical (unpaired) electrons. The van der Waals surface area contributed by atoms with E-state index < -0.39 is 11.7 Å². The molecule has 0 spiro atoms. The van der Waals surface area contributed by atoms with Crippen molar-refractivity contribution in [1.29, 1.82) is 0 Å². The van der Waals surface area contributed by atoms with Crippen molar-refractivity contribution >= 4 is 0 Å². The van der Waals surface area contributed by atoms with Crippen LogP contribution in [0, 0.1) is 0 Å². The van der Waals surface area contributed by atoms with Crippen molar-refractivity contribution < 1.29 is 32.1 Å². The molecular formula is C22H24F3N5O4. The SMILES string of the molecule is FC(F)(F)c1cc(-c2cn(C[C@H]3COCCO3)nn2)ccc1-c1ccn(C[C@H]2COCCO2)n1. The van der Waals surface area contributed by atoms with E-state index >= 15 is 0 Å². The van der Waals surface area contributed by atoms with Crippen molar-refractivity contribution in [2.45, 2.75) is 31.5 Å². The van der Waals surface area contributed by atoms with Crippen LogP contribution in [-0.2, 0) is 38.2 Å². The van der Waals surface area contributed by atoms with E-state index in [0.29, 0.717) is 64.0 Å². The van der Waals surface area contributed by atoms with E-state index in [2.05, 4.69) is 15.4 Å². The van der Waals surface area contributed by atoms with Crippen LogP contribution in [0.4, 0.5) is 13.2 Å². The molecule has 0 bridgehead atoms. The molecule has 0 amide bonds. The molecule has 2 aromatic heterocycles. The molecule has 0 saturated carbocycles. The first-order valence-electron chi connectivity index (χ1n) is 11.0. The summed E-state index contributed by atoms with van der Waals surface area (Å²) in [7, 11) is 0. The molecule has 2 aliphatic heterocycles. The fourth-order valence-electron chi connectivity index (χ4n) is 3.99. The lowest BCUT2D eigenvalue weighted by molar-refractivity contribution is -0.137. The third-order valence-corrected chi connectivity index (χ3v) is 5.63. The lowest BCUT2D eigenvalue weighted by Gasteiger charge is -2.22. The smallest absolute Gasteiger partial charge is 0.376 e. The van der Waals surface area contributed by atoms with Gasteiger partial charge >= 0.3 is 6.18 Å². The summed E-state index contributed by atoms with van der Waals surface area (Å²) in [5.74, 6) is 0. The van der Waals surface area contributed by atoms with Gasteiger partial charge in [-0.1, -0.05) is 17.3 Å². The molecule has 12 heteroatoms. The van der Waals surface area contributed by atoms with Gasteiger partial charge in [-0.15, -0.1) is 5.10 Å². The van der Waals surface area contributed by atoms with Gasteiger partial charge in [0.25, 0.3) is 0 Å². The Hall–Kier alpha value is -2.80. The Kier molecular flexibility index (Phi) is 6.63. The van der Waals surface area contributed by atoms with Crippen molar-refractivity contribution in [3.05, 3.63) is 42.2 Å². The molecule has 182 valence electrons. The van der Waals surface area contributed by atoms with Crippen LogP contribution in [0.3, 0.4) is 0 Å². The van der Waals surface area contributed by atoms with Crippen molar-refractivity contribution in [1.82, 2.24) is 24.8 Å². The zero-order valence-corrected chi connectivity index (χ0v) is 18.3. The summed E-state index contributed by atoms with van der Waals surface area (Å²) in [6.07, 6.45) is -1.67. The third kappa shape index (κ3) is 5.30. The van der Waals surface area contributed by atoms with Crippen LogP contribution < -0.4 is 0 Å². The second-order valence-electron chi connectivity index (χ2n) is 8.14. The van der Waals surface area contributed by atoms with Crippen molar-refractivity contribution in [3.63, 3.8) is 0 Å². The molecule has 3 aromatic rings. The maximum absolute atomic E-state index is 14.0. The van der Waals surface area contributed by atoms with Crippen molar-refractivity contribution in [2.75, 3.05) is 39.6 Å². The molecule has 0 N–H and O–H groups in total. The Labute approximate surface area is 193 Å². The van der Waals surface area contributed by atoms with Gasteiger partial charge in [-0.05, 0) is 12.1 Å². The zero-order chi connectivity index (χ0) is 23.5. The average molecular weight is 479 g/mol. The van der Waals surface area contributed by atoms with Crippen molar-refractivity contribution in [2.24, 2.45) is 0 Å². The summed E-state index contributed by atoms with van der Waals surface area (Å²) in [6, 6.07) is 5.66. The number of hydrogen-bond donors (Lipinski definition) is 0. The van der Waals surface area contributed by atoms with Crippen LogP contribution in [-0.4, -0.2) is 76.6 Å². The highest BCUT2D eigenvalue weighted by molar-refractivity contribution is 5.70. The molecule has 2 aliphatic rings. The topological polar surface area (TPSA) is 85.5 Å². The van der Waals surface area contributed by atoms with Gasteiger partial charge in [0.2, 0.25) is 0 Å². The maximum Gasteiger partial charge on any atom is 0.417 e. The van der Waals surface area contributed by atoms with Gasteiger partial charge < -0.3 is 18.9 Å². The van der Waals surface area contributed by atoms with E-state index in [1.54, 1.807) is 33.9 Å². The number of halogens is 3. The monoisotopic (exact) mass is 479 g/mol. The fourth-order valence-corrected chi connectivity index (χ4v) is 3.99. The molecular weight excluding hydrogens is 455 g/mol. The number of hydrogen-bond acceptors (Lipinski definition) is 7. The van der Waals surface area contributed by atoms with Crippen LogP contribution in [0.5, 0.6) is 0 Å². The Bertz CT molecular complexity index is 1100. The highest BCUT2D eigenvalue weighted by Crippen LogP contribution is 2.38. The molecule has 2 fully saturated rings. The zero-order valence-electron chi connectivity index (χ0n) is 18.3. The summed E-state index contributed by atoms with van der Waals surface area (Å²) in [6.45, 7) is 3.76. The molecule has 5 rings (SSSR count). The number of ether oxygens (including phenoxy) is 4. The minimum atomic E-state index is -4.57. The van der Waals surface area contributed by atoms with Crippen molar-refractivity contribution in [3.8, 4) is 22.5 Å². The first-order chi connectivity index (χ1) is 16.5. The highest BCUT2D eigenvalue weighted by Gasteiger charge is 2.35. The molecule has 4 heterocycles. The maximum atomic E-state index is 14.0. The normalized spacial score (nSPS) is 21.6. The van der Waals surface area contributed by atoms with Crippen LogP contribution in [0.2, 0.25) is 0 Å². The summed E-state index contributed by atoms with van der Waals surface area (Å²) in [5, 5.41) is 12.4. The molecule has 2 atom stereocenters. The first kappa shape index (κ1) is 23.0. The van der Waals surface area contributed by atoms with E-state index in [4.69, 9.17) is 18.9 Å². The van der Waals surface area contributed by atoms with Crippen LogP contribution in [0.25, 0.3) is 22.5 Å². The lowest BCUT2D eigenvalue weighted by atomic mass is 10.00. The predicted octanol–water partition coefficient (Wildman–Crippen LogP) is 2.66. The Morgan fingerprint density at radius 1 is 0.882 bits per heavy atom. The third-order valence-electron chi connectivity index (χ3n) is 5.63. The quantitative estimate of drug-likeness (QED) is 0.537. The second kappa shape index (κ2) is 9.82. The highest BCUT2D eigenvalue weighted by atomic mass is 19.4. The predicted molar refractivity (Wildman–Crippen MR) is 113 cm³/mol. The molecule has 1 aromatic carbocycles. The molecule has 2 saturated heterocycles.